The number of carbonyl (C=O) groups excluding carboxylic acids is 1. The van der Waals surface area contributed by atoms with Crippen molar-refractivity contribution in [3.8, 4) is 0 Å². The fraction of sp³-hybridized carbons (Fsp3) is 0.188. The van der Waals surface area contributed by atoms with Crippen LogP contribution in [0.15, 0.2) is 42.5 Å². The molecule has 0 radical (unpaired) electrons. The van der Waals surface area contributed by atoms with Gasteiger partial charge in [0.25, 0.3) is 5.91 Å². The van der Waals surface area contributed by atoms with E-state index < -0.39 is 5.82 Å². The maximum Gasteiger partial charge on any atom is 0.261 e. The van der Waals surface area contributed by atoms with E-state index in [9.17, 15) is 9.18 Å². The third-order valence-electron chi connectivity index (χ3n) is 3.64. The van der Waals surface area contributed by atoms with Gasteiger partial charge in [-0.05, 0) is 42.7 Å². The van der Waals surface area contributed by atoms with Gasteiger partial charge >= 0.3 is 0 Å². The van der Waals surface area contributed by atoms with Crippen molar-refractivity contribution >= 4 is 17.3 Å². The molecular weight excluding hydrogens is 255 g/mol. The number of fused-ring (bicyclic) bond motifs is 1. The number of rotatable bonds is 1. The van der Waals surface area contributed by atoms with E-state index in [0.29, 0.717) is 12.2 Å². The summed E-state index contributed by atoms with van der Waals surface area (Å²) in [5.74, 6) is -0.803. The lowest BCUT2D eigenvalue weighted by Crippen LogP contribution is -2.36. The van der Waals surface area contributed by atoms with E-state index in [2.05, 4.69) is 0 Å². The van der Waals surface area contributed by atoms with Crippen molar-refractivity contribution in [2.75, 3.05) is 17.2 Å². The molecule has 4 heteroatoms. The number of amides is 1. The minimum absolute atomic E-state index is 0.0998. The number of anilines is 2. The van der Waals surface area contributed by atoms with Crippen LogP contribution in [0.25, 0.3) is 0 Å². The Labute approximate surface area is 116 Å². The molecule has 102 valence electrons. The van der Waals surface area contributed by atoms with Gasteiger partial charge in [0.2, 0.25) is 0 Å². The maximum absolute atomic E-state index is 13.8. The lowest BCUT2D eigenvalue weighted by atomic mass is 9.99. The van der Waals surface area contributed by atoms with Crippen molar-refractivity contribution in [3.63, 3.8) is 0 Å². The zero-order valence-electron chi connectivity index (χ0n) is 11.0. The summed E-state index contributed by atoms with van der Waals surface area (Å²) in [6.45, 7) is 0.587. The summed E-state index contributed by atoms with van der Waals surface area (Å²) < 4.78 is 13.8. The summed E-state index contributed by atoms with van der Waals surface area (Å²) >= 11 is 0. The molecule has 20 heavy (non-hydrogen) atoms. The largest absolute Gasteiger partial charge is 0.398 e. The summed E-state index contributed by atoms with van der Waals surface area (Å²) in [5, 5.41) is 0. The SMILES string of the molecule is Nc1cccc2c1CCCN2C(=O)c1ccccc1F. The Bertz CT molecular complexity index is 669. The van der Waals surface area contributed by atoms with Crippen LogP contribution in [-0.4, -0.2) is 12.5 Å². The highest BCUT2D eigenvalue weighted by molar-refractivity contribution is 6.07. The second-order valence-electron chi connectivity index (χ2n) is 4.89. The van der Waals surface area contributed by atoms with Gasteiger partial charge in [0.1, 0.15) is 5.82 Å². The first-order valence-electron chi connectivity index (χ1n) is 6.62. The van der Waals surface area contributed by atoms with E-state index in [4.69, 9.17) is 5.73 Å². The van der Waals surface area contributed by atoms with E-state index in [1.54, 1.807) is 17.0 Å². The Hall–Kier alpha value is -2.36. The predicted octanol–water partition coefficient (Wildman–Crippen LogP) is 3.00. The highest BCUT2D eigenvalue weighted by Gasteiger charge is 2.26. The number of hydrogen-bond acceptors (Lipinski definition) is 2. The molecule has 0 unspecified atom stereocenters. The molecule has 1 amide bonds. The predicted molar refractivity (Wildman–Crippen MR) is 77.3 cm³/mol. The molecule has 0 saturated heterocycles. The molecule has 0 atom stereocenters. The molecule has 0 saturated carbocycles. The molecule has 3 rings (SSSR count). The Kier molecular flexibility index (Phi) is 3.14. The summed E-state index contributed by atoms with van der Waals surface area (Å²) in [7, 11) is 0. The van der Waals surface area contributed by atoms with Crippen molar-refractivity contribution in [1.82, 2.24) is 0 Å². The first kappa shape index (κ1) is 12.7. The van der Waals surface area contributed by atoms with Crippen LogP contribution >= 0.6 is 0 Å². The van der Waals surface area contributed by atoms with Crippen molar-refractivity contribution < 1.29 is 9.18 Å². The number of carbonyl (C=O) groups is 1. The summed E-state index contributed by atoms with van der Waals surface area (Å²) in [5.41, 5.74) is 8.52. The standard InChI is InChI=1S/C16H15FN2O/c17-13-7-2-1-5-11(13)16(20)19-10-4-6-12-14(18)8-3-9-15(12)19/h1-3,5,7-9H,4,6,10,18H2. The summed E-state index contributed by atoms with van der Waals surface area (Å²) in [6, 6.07) is 11.6. The third kappa shape index (κ3) is 2.03. The van der Waals surface area contributed by atoms with Crippen molar-refractivity contribution in [2.45, 2.75) is 12.8 Å². The molecule has 0 aliphatic carbocycles. The van der Waals surface area contributed by atoms with Gasteiger partial charge in [0, 0.05) is 17.9 Å². The molecule has 2 aromatic rings. The van der Waals surface area contributed by atoms with Gasteiger partial charge in [-0.25, -0.2) is 4.39 Å². The monoisotopic (exact) mass is 270 g/mol. The molecule has 1 heterocycles. The first-order chi connectivity index (χ1) is 9.68. The quantitative estimate of drug-likeness (QED) is 0.810. The normalized spacial score (nSPS) is 13.9. The molecule has 0 aromatic heterocycles. The molecule has 0 bridgehead atoms. The van der Waals surface area contributed by atoms with Crippen LogP contribution in [0.5, 0.6) is 0 Å². The lowest BCUT2D eigenvalue weighted by Gasteiger charge is -2.30. The molecule has 0 fully saturated rings. The smallest absolute Gasteiger partial charge is 0.261 e. The number of nitrogen functional groups attached to an aromatic ring is 1. The molecular formula is C16H15FN2O. The van der Waals surface area contributed by atoms with Gasteiger partial charge < -0.3 is 10.6 Å². The van der Waals surface area contributed by atoms with Crippen molar-refractivity contribution in [2.24, 2.45) is 0 Å². The van der Waals surface area contributed by atoms with Crippen molar-refractivity contribution in [3.05, 3.63) is 59.4 Å². The Balaban J connectivity index is 2.03. The van der Waals surface area contributed by atoms with Crippen LogP contribution in [0, 0.1) is 5.82 Å². The van der Waals surface area contributed by atoms with Gasteiger partial charge in [-0.2, -0.15) is 0 Å². The average molecular weight is 270 g/mol. The first-order valence-corrected chi connectivity index (χ1v) is 6.62. The molecule has 1 aliphatic rings. The zero-order valence-corrected chi connectivity index (χ0v) is 11.0. The van der Waals surface area contributed by atoms with Crippen LogP contribution in [0.1, 0.15) is 22.3 Å². The van der Waals surface area contributed by atoms with Gasteiger partial charge in [-0.1, -0.05) is 18.2 Å². The molecule has 3 nitrogen and oxygen atoms in total. The van der Waals surface area contributed by atoms with Gasteiger partial charge in [-0.3, -0.25) is 4.79 Å². The van der Waals surface area contributed by atoms with Gasteiger partial charge in [0.15, 0.2) is 0 Å². The minimum atomic E-state index is -0.492. The van der Waals surface area contributed by atoms with Gasteiger partial charge in [-0.15, -0.1) is 0 Å². The highest BCUT2D eigenvalue weighted by Crippen LogP contribution is 2.32. The number of nitrogens with two attached hydrogens (primary N) is 1. The van der Waals surface area contributed by atoms with Crippen LogP contribution in [-0.2, 0) is 6.42 Å². The van der Waals surface area contributed by atoms with Crippen LogP contribution in [0.2, 0.25) is 0 Å². The number of benzene rings is 2. The number of nitrogens with zero attached hydrogens (tertiary/aromatic N) is 1. The highest BCUT2D eigenvalue weighted by atomic mass is 19.1. The lowest BCUT2D eigenvalue weighted by molar-refractivity contribution is 0.0981. The van der Waals surface area contributed by atoms with E-state index in [1.807, 2.05) is 18.2 Å². The Morgan fingerprint density at radius 3 is 2.75 bits per heavy atom. The van der Waals surface area contributed by atoms with Crippen molar-refractivity contribution in [1.29, 1.82) is 0 Å². The zero-order chi connectivity index (χ0) is 14.1. The van der Waals surface area contributed by atoms with Crippen LogP contribution in [0.3, 0.4) is 0 Å². The van der Waals surface area contributed by atoms with Crippen LogP contribution < -0.4 is 10.6 Å². The Morgan fingerprint density at radius 1 is 1.15 bits per heavy atom. The minimum Gasteiger partial charge on any atom is -0.398 e. The average Bonchev–Trinajstić information content (AvgIpc) is 2.47. The van der Waals surface area contributed by atoms with E-state index in [0.717, 1.165) is 24.1 Å². The number of halogens is 1. The molecule has 0 spiro atoms. The fourth-order valence-corrected chi connectivity index (χ4v) is 2.64. The van der Waals surface area contributed by atoms with E-state index in [1.165, 1.54) is 12.1 Å². The maximum atomic E-state index is 13.8. The molecule has 2 N–H and O–H groups in total. The molecule has 1 aliphatic heterocycles. The Morgan fingerprint density at radius 2 is 1.95 bits per heavy atom. The topological polar surface area (TPSA) is 46.3 Å². The second kappa shape index (κ2) is 4.96. The third-order valence-corrected chi connectivity index (χ3v) is 3.64. The van der Waals surface area contributed by atoms with Gasteiger partial charge in [0.05, 0.1) is 5.56 Å². The number of hydrogen-bond donors (Lipinski definition) is 1. The van der Waals surface area contributed by atoms with E-state index in [-0.39, 0.29) is 11.5 Å². The van der Waals surface area contributed by atoms with Crippen LogP contribution in [0.4, 0.5) is 15.8 Å². The molecule has 2 aromatic carbocycles. The van der Waals surface area contributed by atoms with E-state index >= 15 is 0 Å². The summed E-state index contributed by atoms with van der Waals surface area (Å²) in [6.07, 6.45) is 1.68. The summed E-state index contributed by atoms with van der Waals surface area (Å²) in [4.78, 5) is 14.2. The fourth-order valence-electron chi connectivity index (χ4n) is 2.64. The second-order valence-corrected chi connectivity index (χ2v) is 4.89.